The van der Waals surface area contributed by atoms with Crippen LogP contribution < -0.4 is 5.32 Å². The lowest BCUT2D eigenvalue weighted by molar-refractivity contribution is 0.0950. The molecule has 0 aliphatic heterocycles. The third kappa shape index (κ3) is 3.60. The van der Waals surface area contributed by atoms with Crippen molar-refractivity contribution in [1.29, 1.82) is 0 Å². The molecule has 1 amide bonds. The number of amides is 1. The second-order valence-corrected chi connectivity index (χ2v) is 4.92. The van der Waals surface area contributed by atoms with E-state index < -0.39 is 0 Å². The van der Waals surface area contributed by atoms with E-state index in [2.05, 4.69) is 10.3 Å². The van der Waals surface area contributed by atoms with Gasteiger partial charge in [0.1, 0.15) is 0 Å². The highest BCUT2D eigenvalue weighted by molar-refractivity contribution is 7.13. The van der Waals surface area contributed by atoms with Crippen LogP contribution in [0.1, 0.15) is 20.4 Å². The molecule has 0 aliphatic rings. The topological polar surface area (TPSA) is 45.2 Å². The first-order chi connectivity index (χ1) is 7.00. The van der Waals surface area contributed by atoms with Gasteiger partial charge in [-0.25, -0.2) is 4.98 Å². The van der Waals surface area contributed by atoms with Gasteiger partial charge in [0.25, 0.3) is 5.91 Å². The molecule has 0 atom stereocenters. The lowest BCUT2D eigenvalue weighted by Crippen LogP contribution is -2.31. The SMILES string of the molecule is Cc1nc(C(=O)NCCN(C)C)sc1C. The van der Waals surface area contributed by atoms with Gasteiger partial charge in [0.15, 0.2) is 5.01 Å². The van der Waals surface area contributed by atoms with Crippen molar-refractivity contribution in [3.05, 3.63) is 15.6 Å². The molecular formula is C10H17N3OS. The number of thiazole rings is 1. The smallest absolute Gasteiger partial charge is 0.280 e. The molecule has 0 aliphatic carbocycles. The van der Waals surface area contributed by atoms with Crippen molar-refractivity contribution in [2.75, 3.05) is 27.2 Å². The van der Waals surface area contributed by atoms with Gasteiger partial charge in [-0.3, -0.25) is 4.79 Å². The van der Waals surface area contributed by atoms with Crippen molar-refractivity contribution >= 4 is 17.2 Å². The summed E-state index contributed by atoms with van der Waals surface area (Å²) in [5.74, 6) is -0.0713. The number of hydrogen-bond donors (Lipinski definition) is 1. The average molecular weight is 227 g/mol. The molecule has 0 saturated carbocycles. The van der Waals surface area contributed by atoms with Crippen LogP contribution in [0.2, 0.25) is 0 Å². The van der Waals surface area contributed by atoms with E-state index in [-0.39, 0.29) is 5.91 Å². The molecule has 84 valence electrons. The highest BCUT2D eigenvalue weighted by Crippen LogP contribution is 2.15. The summed E-state index contributed by atoms with van der Waals surface area (Å²) in [4.78, 5) is 18.9. The fourth-order valence-corrected chi connectivity index (χ4v) is 1.87. The van der Waals surface area contributed by atoms with E-state index in [1.165, 1.54) is 11.3 Å². The Morgan fingerprint density at radius 3 is 2.60 bits per heavy atom. The molecule has 1 aromatic rings. The van der Waals surface area contributed by atoms with Crippen LogP contribution in [-0.4, -0.2) is 43.0 Å². The molecule has 0 bridgehead atoms. The van der Waals surface area contributed by atoms with E-state index in [0.717, 1.165) is 17.1 Å². The monoisotopic (exact) mass is 227 g/mol. The molecule has 5 heteroatoms. The van der Waals surface area contributed by atoms with Gasteiger partial charge in [-0.2, -0.15) is 0 Å². The van der Waals surface area contributed by atoms with Crippen molar-refractivity contribution in [3.8, 4) is 0 Å². The van der Waals surface area contributed by atoms with Crippen molar-refractivity contribution in [2.24, 2.45) is 0 Å². The lowest BCUT2D eigenvalue weighted by Gasteiger charge is -2.09. The molecule has 0 spiro atoms. The maximum absolute atomic E-state index is 11.6. The Balaban J connectivity index is 2.47. The largest absolute Gasteiger partial charge is 0.349 e. The van der Waals surface area contributed by atoms with E-state index in [1.54, 1.807) is 0 Å². The van der Waals surface area contributed by atoms with Crippen molar-refractivity contribution in [2.45, 2.75) is 13.8 Å². The zero-order chi connectivity index (χ0) is 11.4. The number of nitrogens with one attached hydrogen (secondary N) is 1. The zero-order valence-corrected chi connectivity index (χ0v) is 10.4. The number of nitrogens with zero attached hydrogens (tertiary/aromatic N) is 2. The highest BCUT2D eigenvalue weighted by Gasteiger charge is 2.11. The first kappa shape index (κ1) is 12.1. The Hall–Kier alpha value is -0.940. The van der Waals surface area contributed by atoms with Crippen LogP contribution >= 0.6 is 11.3 Å². The molecule has 0 radical (unpaired) electrons. The minimum atomic E-state index is -0.0713. The van der Waals surface area contributed by atoms with Gasteiger partial charge in [0.2, 0.25) is 0 Å². The second-order valence-electron chi connectivity index (χ2n) is 3.72. The van der Waals surface area contributed by atoms with E-state index in [1.807, 2.05) is 32.8 Å². The molecular weight excluding hydrogens is 210 g/mol. The van der Waals surface area contributed by atoms with Gasteiger partial charge >= 0.3 is 0 Å². The summed E-state index contributed by atoms with van der Waals surface area (Å²) in [5, 5.41) is 3.40. The number of hydrogen-bond acceptors (Lipinski definition) is 4. The molecule has 1 rings (SSSR count). The van der Waals surface area contributed by atoms with Crippen molar-refractivity contribution in [1.82, 2.24) is 15.2 Å². The van der Waals surface area contributed by atoms with Crippen LogP contribution in [0.3, 0.4) is 0 Å². The number of carbonyl (C=O) groups excluding carboxylic acids is 1. The van der Waals surface area contributed by atoms with Crippen LogP contribution in [0.15, 0.2) is 0 Å². The molecule has 1 aromatic heterocycles. The molecule has 4 nitrogen and oxygen atoms in total. The van der Waals surface area contributed by atoms with Crippen molar-refractivity contribution < 1.29 is 4.79 Å². The Labute approximate surface area is 94.3 Å². The van der Waals surface area contributed by atoms with E-state index in [9.17, 15) is 4.79 Å². The molecule has 0 saturated heterocycles. The summed E-state index contributed by atoms with van der Waals surface area (Å²) in [6, 6.07) is 0. The summed E-state index contributed by atoms with van der Waals surface area (Å²) in [6.07, 6.45) is 0. The Morgan fingerprint density at radius 1 is 1.47 bits per heavy atom. The maximum Gasteiger partial charge on any atom is 0.280 e. The molecule has 0 fully saturated rings. The number of likely N-dealkylation sites (N-methyl/N-ethyl adjacent to an activating group) is 1. The van der Waals surface area contributed by atoms with Gasteiger partial charge in [-0.15, -0.1) is 11.3 Å². The van der Waals surface area contributed by atoms with Crippen LogP contribution in [0.25, 0.3) is 0 Å². The van der Waals surface area contributed by atoms with E-state index in [0.29, 0.717) is 11.6 Å². The third-order valence-corrected chi connectivity index (χ3v) is 3.14. The van der Waals surface area contributed by atoms with Crippen LogP contribution in [0, 0.1) is 13.8 Å². The number of rotatable bonds is 4. The summed E-state index contributed by atoms with van der Waals surface area (Å²) >= 11 is 1.44. The summed E-state index contributed by atoms with van der Waals surface area (Å²) in [5.41, 5.74) is 0.942. The quantitative estimate of drug-likeness (QED) is 0.836. The Kier molecular flexibility index (Phi) is 4.23. The van der Waals surface area contributed by atoms with Gasteiger partial charge in [-0.1, -0.05) is 0 Å². The Morgan fingerprint density at radius 2 is 2.13 bits per heavy atom. The molecule has 15 heavy (non-hydrogen) atoms. The van der Waals surface area contributed by atoms with Crippen LogP contribution in [0.5, 0.6) is 0 Å². The Bertz CT molecular complexity index is 327. The summed E-state index contributed by atoms with van der Waals surface area (Å²) in [6.45, 7) is 5.39. The van der Waals surface area contributed by atoms with E-state index >= 15 is 0 Å². The minimum absolute atomic E-state index is 0.0713. The van der Waals surface area contributed by atoms with Gasteiger partial charge in [0, 0.05) is 18.0 Å². The minimum Gasteiger partial charge on any atom is -0.349 e. The van der Waals surface area contributed by atoms with Crippen molar-refractivity contribution in [3.63, 3.8) is 0 Å². The molecule has 0 unspecified atom stereocenters. The maximum atomic E-state index is 11.6. The van der Waals surface area contributed by atoms with Gasteiger partial charge < -0.3 is 10.2 Å². The predicted molar refractivity (Wildman–Crippen MR) is 62.5 cm³/mol. The standard InChI is InChI=1S/C10H17N3OS/c1-7-8(2)15-10(12-7)9(14)11-5-6-13(3)4/h5-6H2,1-4H3,(H,11,14). The normalized spacial score (nSPS) is 10.7. The molecule has 1 heterocycles. The van der Waals surface area contributed by atoms with E-state index in [4.69, 9.17) is 0 Å². The van der Waals surface area contributed by atoms with Crippen LogP contribution in [-0.2, 0) is 0 Å². The first-order valence-electron chi connectivity index (χ1n) is 4.87. The third-order valence-electron chi connectivity index (χ3n) is 2.07. The zero-order valence-electron chi connectivity index (χ0n) is 9.63. The summed E-state index contributed by atoms with van der Waals surface area (Å²) in [7, 11) is 3.95. The summed E-state index contributed by atoms with van der Waals surface area (Å²) < 4.78 is 0. The molecule has 1 N–H and O–H groups in total. The number of carbonyl (C=O) groups is 1. The average Bonchev–Trinajstić information content (AvgIpc) is 2.46. The first-order valence-corrected chi connectivity index (χ1v) is 5.69. The van der Waals surface area contributed by atoms with Crippen LogP contribution in [0.4, 0.5) is 0 Å². The molecule has 0 aromatic carbocycles. The predicted octanol–water partition coefficient (Wildman–Crippen LogP) is 1.05. The van der Waals surface area contributed by atoms with Gasteiger partial charge in [0.05, 0.1) is 5.69 Å². The van der Waals surface area contributed by atoms with Gasteiger partial charge in [-0.05, 0) is 27.9 Å². The fourth-order valence-electron chi connectivity index (χ4n) is 1.04. The number of aryl methyl sites for hydroxylation is 2. The highest BCUT2D eigenvalue weighted by atomic mass is 32.1. The second kappa shape index (κ2) is 5.23. The number of aromatic nitrogens is 1. The fraction of sp³-hybridized carbons (Fsp3) is 0.600. The lowest BCUT2D eigenvalue weighted by atomic mass is 10.4.